The summed E-state index contributed by atoms with van der Waals surface area (Å²) in [5.74, 6) is 1.08. The van der Waals surface area contributed by atoms with Gasteiger partial charge in [-0.15, -0.1) is 0 Å². The Hall–Kier alpha value is 0.420. The van der Waals surface area contributed by atoms with E-state index < -0.39 is 7.82 Å². The molecule has 0 saturated heterocycles. The molecule has 0 aromatic rings. The number of hydrogen-bond donors (Lipinski definition) is 0. The molecule has 0 aliphatic carbocycles. The molecule has 0 saturated carbocycles. The van der Waals surface area contributed by atoms with Crippen molar-refractivity contribution in [2.24, 2.45) is 10.8 Å². The molecule has 0 spiro atoms. The monoisotopic (exact) mass is 370 g/mol. The molecule has 23 heavy (non-hydrogen) atoms. The molecular weight excluding hydrogens is 333 g/mol. The molecule has 0 N–H and O–H groups in total. The van der Waals surface area contributed by atoms with Gasteiger partial charge in [-0.25, -0.2) is 4.57 Å². The summed E-state index contributed by atoms with van der Waals surface area (Å²) < 4.78 is 29.3. The van der Waals surface area contributed by atoms with E-state index in [4.69, 9.17) is 13.6 Å². The number of hydrogen-bond acceptors (Lipinski definition) is 5. The van der Waals surface area contributed by atoms with E-state index in [-0.39, 0.29) is 10.8 Å². The summed E-state index contributed by atoms with van der Waals surface area (Å²) in [5.41, 5.74) is 0.102. The summed E-state index contributed by atoms with van der Waals surface area (Å²) >= 11 is 1.84. The lowest BCUT2D eigenvalue weighted by molar-refractivity contribution is -0.870. The lowest BCUT2D eigenvalue weighted by atomic mass is 9.77. The van der Waals surface area contributed by atoms with Crippen LogP contribution in [0, 0.1) is 10.8 Å². The molecule has 0 amide bonds. The molecule has 0 fully saturated rings. The van der Waals surface area contributed by atoms with E-state index >= 15 is 0 Å². The first-order valence-corrected chi connectivity index (χ1v) is 10.8. The number of likely N-dealkylation sites (N-methyl/N-ethyl adjacent to an activating group) is 1. The van der Waals surface area contributed by atoms with Gasteiger partial charge in [0.2, 0.25) is 0 Å². The molecule has 1 atom stereocenters. The van der Waals surface area contributed by atoms with Gasteiger partial charge in [0, 0.05) is 7.11 Å². The largest absolute Gasteiger partial charge is 0.474 e. The molecular formula is C16H37NO4PS+. The Morgan fingerprint density at radius 1 is 1.04 bits per heavy atom. The Balaban J connectivity index is 4.54. The molecule has 0 rings (SSSR count). The van der Waals surface area contributed by atoms with Crippen LogP contribution in [0.1, 0.15) is 34.1 Å². The molecule has 0 heterocycles. The quantitative estimate of drug-likeness (QED) is 0.379. The second-order valence-electron chi connectivity index (χ2n) is 8.69. The van der Waals surface area contributed by atoms with Crippen molar-refractivity contribution < 1.29 is 22.6 Å². The van der Waals surface area contributed by atoms with Gasteiger partial charge in [0.05, 0.1) is 27.7 Å². The van der Waals surface area contributed by atoms with Crippen molar-refractivity contribution in [3.05, 3.63) is 0 Å². The maximum Gasteiger partial charge on any atom is 0.474 e. The fourth-order valence-corrected chi connectivity index (χ4v) is 4.59. The van der Waals surface area contributed by atoms with Crippen LogP contribution in [0.25, 0.3) is 0 Å². The molecule has 0 aliphatic heterocycles. The van der Waals surface area contributed by atoms with E-state index in [1.165, 1.54) is 7.11 Å². The average molecular weight is 371 g/mol. The smallest absolute Gasteiger partial charge is 0.329 e. The Labute approximate surface area is 147 Å². The van der Waals surface area contributed by atoms with Gasteiger partial charge < -0.3 is 4.48 Å². The molecule has 0 aromatic heterocycles. The molecule has 7 heteroatoms. The lowest BCUT2D eigenvalue weighted by Gasteiger charge is -2.35. The minimum absolute atomic E-state index is 0.100. The summed E-state index contributed by atoms with van der Waals surface area (Å²) in [5, 5.41) is 0. The molecule has 0 radical (unpaired) electrons. The van der Waals surface area contributed by atoms with Crippen LogP contribution in [-0.2, 0) is 18.1 Å². The zero-order chi connectivity index (χ0) is 18.4. The van der Waals surface area contributed by atoms with E-state index in [2.05, 4.69) is 55.1 Å². The van der Waals surface area contributed by atoms with Crippen LogP contribution in [0.4, 0.5) is 0 Å². The molecule has 140 valence electrons. The van der Waals surface area contributed by atoms with Crippen molar-refractivity contribution in [2.75, 3.05) is 60.0 Å². The summed E-state index contributed by atoms with van der Waals surface area (Å²) in [6.45, 7) is 10.2. The van der Waals surface area contributed by atoms with Crippen LogP contribution in [0.2, 0.25) is 0 Å². The van der Waals surface area contributed by atoms with Gasteiger partial charge in [0.1, 0.15) is 13.2 Å². The van der Waals surface area contributed by atoms with Crippen molar-refractivity contribution in [3.8, 4) is 0 Å². The van der Waals surface area contributed by atoms with Crippen LogP contribution in [0.15, 0.2) is 0 Å². The first kappa shape index (κ1) is 23.4. The van der Waals surface area contributed by atoms with Crippen molar-refractivity contribution in [1.29, 1.82) is 0 Å². The Kier molecular flexibility index (Phi) is 9.38. The van der Waals surface area contributed by atoms with Crippen LogP contribution in [0.3, 0.4) is 0 Å². The highest BCUT2D eigenvalue weighted by Crippen LogP contribution is 2.50. The predicted molar refractivity (Wildman–Crippen MR) is 100.0 cm³/mol. The van der Waals surface area contributed by atoms with Crippen molar-refractivity contribution in [1.82, 2.24) is 0 Å². The fourth-order valence-electron chi connectivity index (χ4n) is 2.61. The highest BCUT2D eigenvalue weighted by atomic mass is 32.2. The third kappa shape index (κ3) is 11.6. The third-order valence-corrected chi connectivity index (χ3v) is 5.80. The van der Waals surface area contributed by atoms with E-state index in [0.29, 0.717) is 13.2 Å². The molecule has 5 nitrogen and oxygen atoms in total. The summed E-state index contributed by atoms with van der Waals surface area (Å²) in [6.07, 6.45) is 3.09. The number of quaternary nitrogens is 1. The molecule has 0 bridgehead atoms. The Morgan fingerprint density at radius 2 is 1.61 bits per heavy atom. The standard InChI is InChI=1S/C16H37NO4PS/c1-15(2,12-16(3,4)14-23-9)13-21-22(18,19-8)20-11-10-17(5,6)7/h10-14H2,1-9H3/q+1. The average Bonchev–Trinajstić information content (AvgIpc) is 2.33. The van der Waals surface area contributed by atoms with E-state index in [1.54, 1.807) is 0 Å². The fraction of sp³-hybridized carbons (Fsp3) is 1.00. The van der Waals surface area contributed by atoms with Crippen molar-refractivity contribution in [3.63, 3.8) is 0 Å². The maximum absolute atomic E-state index is 12.5. The first-order valence-electron chi connectivity index (χ1n) is 7.98. The topological polar surface area (TPSA) is 44.8 Å². The number of nitrogens with zero attached hydrogens (tertiary/aromatic N) is 1. The van der Waals surface area contributed by atoms with Gasteiger partial charge in [-0.05, 0) is 29.3 Å². The van der Waals surface area contributed by atoms with E-state index in [0.717, 1.165) is 23.2 Å². The highest BCUT2D eigenvalue weighted by Gasteiger charge is 2.33. The van der Waals surface area contributed by atoms with Crippen molar-refractivity contribution in [2.45, 2.75) is 34.1 Å². The van der Waals surface area contributed by atoms with Gasteiger partial charge in [0.15, 0.2) is 0 Å². The van der Waals surface area contributed by atoms with E-state index in [9.17, 15) is 4.57 Å². The van der Waals surface area contributed by atoms with Crippen LogP contribution in [-0.4, -0.2) is 64.5 Å². The summed E-state index contributed by atoms with van der Waals surface area (Å²) in [6, 6.07) is 0. The molecule has 0 aromatic carbocycles. The Bertz CT molecular complexity index is 394. The SMILES string of the molecule is COP(=O)(OCC[N+](C)(C)C)OCC(C)(C)CC(C)(C)CSC. The summed E-state index contributed by atoms with van der Waals surface area (Å²) in [7, 11) is 4.06. The number of phosphoric acid groups is 1. The zero-order valence-corrected chi connectivity index (χ0v) is 18.2. The van der Waals surface area contributed by atoms with Gasteiger partial charge in [0.25, 0.3) is 0 Å². The van der Waals surface area contributed by atoms with Gasteiger partial charge in [-0.1, -0.05) is 27.7 Å². The van der Waals surface area contributed by atoms with Gasteiger partial charge in [-0.2, -0.15) is 11.8 Å². The molecule has 0 aliphatic rings. The lowest BCUT2D eigenvalue weighted by Crippen LogP contribution is -2.37. The first-order chi connectivity index (χ1) is 10.2. The van der Waals surface area contributed by atoms with Crippen LogP contribution >= 0.6 is 19.6 Å². The van der Waals surface area contributed by atoms with Crippen LogP contribution in [0.5, 0.6) is 0 Å². The summed E-state index contributed by atoms with van der Waals surface area (Å²) in [4.78, 5) is 0. The van der Waals surface area contributed by atoms with Crippen LogP contribution < -0.4 is 0 Å². The number of phosphoric ester groups is 1. The van der Waals surface area contributed by atoms with E-state index in [1.807, 2.05) is 11.8 Å². The molecule has 1 unspecified atom stereocenters. The number of rotatable bonds is 12. The third-order valence-electron chi connectivity index (χ3n) is 3.34. The Morgan fingerprint density at radius 3 is 2.04 bits per heavy atom. The normalized spacial score (nSPS) is 16.4. The number of thioether (sulfide) groups is 1. The highest BCUT2D eigenvalue weighted by molar-refractivity contribution is 7.98. The van der Waals surface area contributed by atoms with Crippen molar-refractivity contribution >= 4 is 19.6 Å². The minimum Gasteiger partial charge on any atom is -0.329 e. The minimum atomic E-state index is -3.48. The maximum atomic E-state index is 12.5. The predicted octanol–water partition coefficient (Wildman–Crippen LogP) is 4.29. The van der Waals surface area contributed by atoms with Gasteiger partial charge >= 0.3 is 7.82 Å². The van der Waals surface area contributed by atoms with Gasteiger partial charge in [-0.3, -0.25) is 13.6 Å². The second-order valence-corrected chi connectivity index (χ2v) is 11.3. The second kappa shape index (κ2) is 9.21. The zero-order valence-electron chi connectivity index (χ0n) is 16.5.